The van der Waals surface area contributed by atoms with Gasteiger partial charge in [0.05, 0.1) is 0 Å². The van der Waals surface area contributed by atoms with E-state index in [1.807, 2.05) is 6.92 Å². The van der Waals surface area contributed by atoms with Gasteiger partial charge in [-0.3, -0.25) is 0 Å². The number of halogens is 1. The molecular weight excluding hydrogens is 287 g/mol. The number of ether oxygens (including phenoxy) is 1. The molecule has 1 aromatic carbocycles. The summed E-state index contributed by atoms with van der Waals surface area (Å²) >= 11 is 0. The van der Waals surface area contributed by atoms with E-state index < -0.39 is 6.09 Å². The first kappa shape index (κ1) is 16.5. The van der Waals surface area contributed by atoms with Crippen LogP contribution < -0.4 is 10.5 Å². The molecule has 2 rings (SSSR count). The van der Waals surface area contributed by atoms with Crippen LogP contribution in [0.4, 0.5) is 9.18 Å². The molecule has 122 valence electrons. The van der Waals surface area contributed by atoms with Crippen LogP contribution in [0.1, 0.15) is 24.0 Å². The molecule has 1 aliphatic heterocycles. The monoisotopic (exact) mass is 310 g/mol. The second-order valence-corrected chi connectivity index (χ2v) is 5.74. The topological polar surface area (TPSA) is 75.8 Å². The summed E-state index contributed by atoms with van der Waals surface area (Å²) in [4.78, 5) is 12.3. The van der Waals surface area contributed by atoms with Crippen molar-refractivity contribution in [1.82, 2.24) is 4.90 Å². The van der Waals surface area contributed by atoms with Crippen molar-refractivity contribution in [2.24, 2.45) is 11.7 Å². The predicted octanol–water partition coefficient (Wildman–Crippen LogP) is 2.40. The molecule has 3 N–H and O–H groups in total. The number of hydrogen-bond acceptors (Lipinski definition) is 3. The molecular formula is C16H23FN2O3. The molecule has 0 spiro atoms. The van der Waals surface area contributed by atoms with Crippen molar-refractivity contribution < 1.29 is 19.0 Å². The molecule has 0 bridgehead atoms. The zero-order valence-electron chi connectivity index (χ0n) is 12.8. The lowest BCUT2D eigenvalue weighted by atomic mass is 9.88. The van der Waals surface area contributed by atoms with E-state index in [-0.39, 0.29) is 5.82 Å². The Morgan fingerprint density at radius 3 is 2.73 bits per heavy atom. The third-order valence-electron chi connectivity index (χ3n) is 4.20. The molecule has 1 fully saturated rings. The van der Waals surface area contributed by atoms with Gasteiger partial charge in [-0.1, -0.05) is 0 Å². The summed E-state index contributed by atoms with van der Waals surface area (Å²) in [5, 5.41) is 8.96. The Balaban J connectivity index is 2.03. The van der Waals surface area contributed by atoms with Crippen LogP contribution in [0.3, 0.4) is 0 Å². The smallest absolute Gasteiger partial charge is 0.407 e. The number of carbonyl (C=O) groups is 1. The minimum atomic E-state index is -0.863. The first-order valence-electron chi connectivity index (χ1n) is 7.61. The zero-order chi connectivity index (χ0) is 16.1. The lowest BCUT2D eigenvalue weighted by molar-refractivity contribution is 0.124. The average molecular weight is 310 g/mol. The van der Waals surface area contributed by atoms with Crippen LogP contribution in [0.15, 0.2) is 12.1 Å². The second-order valence-electron chi connectivity index (χ2n) is 5.74. The van der Waals surface area contributed by atoms with Crippen molar-refractivity contribution in [2.45, 2.75) is 26.2 Å². The van der Waals surface area contributed by atoms with Crippen molar-refractivity contribution in [3.63, 3.8) is 0 Å². The maximum Gasteiger partial charge on any atom is 0.407 e. The normalized spacial score (nSPS) is 15.9. The van der Waals surface area contributed by atoms with Gasteiger partial charge in [-0.2, -0.15) is 0 Å². The Labute approximate surface area is 129 Å². The van der Waals surface area contributed by atoms with Gasteiger partial charge in [0.1, 0.15) is 18.2 Å². The summed E-state index contributed by atoms with van der Waals surface area (Å²) in [5.74, 6) is 0.609. The average Bonchev–Trinajstić information content (AvgIpc) is 2.49. The lowest BCUT2D eigenvalue weighted by Crippen LogP contribution is -2.37. The number of benzene rings is 1. The summed E-state index contributed by atoms with van der Waals surface area (Å²) in [7, 11) is 0. The van der Waals surface area contributed by atoms with E-state index in [0.717, 1.165) is 30.4 Å². The molecule has 0 unspecified atom stereocenters. The third-order valence-corrected chi connectivity index (χ3v) is 4.20. The second kappa shape index (κ2) is 7.45. The van der Waals surface area contributed by atoms with Gasteiger partial charge in [0.2, 0.25) is 0 Å². The van der Waals surface area contributed by atoms with Crippen LogP contribution in [0.5, 0.6) is 5.75 Å². The number of piperidine rings is 1. The van der Waals surface area contributed by atoms with E-state index in [4.69, 9.17) is 15.6 Å². The van der Waals surface area contributed by atoms with Gasteiger partial charge >= 0.3 is 6.09 Å². The SMILES string of the molecule is Cc1c(CC2CCN(C(=O)O)CC2)cc(F)cc1OCCN. The first-order chi connectivity index (χ1) is 10.5. The Morgan fingerprint density at radius 1 is 1.45 bits per heavy atom. The molecule has 1 aromatic rings. The number of likely N-dealkylation sites (tertiary alicyclic amines) is 1. The molecule has 1 heterocycles. The predicted molar refractivity (Wildman–Crippen MR) is 81.7 cm³/mol. The molecule has 5 nitrogen and oxygen atoms in total. The molecule has 6 heteroatoms. The van der Waals surface area contributed by atoms with Crippen LogP contribution >= 0.6 is 0 Å². The van der Waals surface area contributed by atoms with Gasteiger partial charge in [0.15, 0.2) is 0 Å². The molecule has 0 radical (unpaired) electrons. The first-order valence-corrected chi connectivity index (χ1v) is 7.61. The number of hydrogen-bond donors (Lipinski definition) is 2. The quantitative estimate of drug-likeness (QED) is 0.875. The minimum absolute atomic E-state index is 0.310. The van der Waals surface area contributed by atoms with Gasteiger partial charge in [0.25, 0.3) is 0 Å². The maximum atomic E-state index is 13.8. The molecule has 0 aromatic heterocycles. The summed E-state index contributed by atoms with van der Waals surface area (Å²) in [6, 6.07) is 2.94. The Morgan fingerprint density at radius 2 is 2.14 bits per heavy atom. The zero-order valence-corrected chi connectivity index (χ0v) is 12.8. The van der Waals surface area contributed by atoms with Crippen LogP contribution in [-0.4, -0.2) is 42.3 Å². The van der Waals surface area contributed by atoms with E-state index >= 15 is 0 Å². The molecule has 22 heavy (non-hydrogen) atoms. The summed E-state index contributed by atoms with van der Waals surface area (Å²) in [6.07, 6.45) is 1.50. The highest BCUT2D eigenvalue weighted by molar-refractivity contribution is 5.65. The third kappa shape index (κ3) is 4.10. The van der Waals surface area contributed by atoms with Crippen LogP contribution in [-0.2, 0) is 6.42 Å². The molecule has 0 atom stereocenters. The fourth-order valence-corrected chi connectivity index (χ4v) is 2.88. The van der Waals surface area contributed by atoms with Gasteiger partial charge in [-0.15, -0.1) is 0 Å². The summed E-state index contributed by atoms with van der Waals surface area (Å²) in [5.41, 5.74) is 7.29. The Hall–Kier alpha value is -1.82. The molecule has 1 aliphatic rings. The number of rotatable bonds is 5. The minimum Gasteiger partial charge on any atom is -0.492 e. The summed E-state index contributed by atoms with van der Waals surface area (Å²) in [6.45, 7) is 3.77. The number of carboxylic acid groups (broad SMARTS) is 1. The van der Waals surface area contributed by atoms with Gasteiger partial charge in [-0.25, -0.2) is 9.18 Å². The van der Waals surface area contributed by atoms with E-state index in [1.165, 1.54) is 11.0 Å². The molecule has 1 amide bonds. The highest BCUT2D eigenvalue weighted by atomic mass is 19.1. The highest BCUT2D eigenvalue weighted by Gasteiger charge is 2.23. The van der Waals surface area contributed by atoms with Gasteiger partial charge in [0, 0.05) is 25.7 Å². The van der Waals surface area contributed by atoms with Gasteiger partial charge in [-0.05, 0) is 49.3 Å². The van der Waals surface area contributed by atoms with Crippen LogP contribution in [0.2, 0.25) is 0 Å². The maximum absolute atomic E-state index is 13.8. The van der Waals surface area contributed by atoms with Crippen molar-refractivity contribution in [2.75, 3.05) is 26.2 Å². The van der Waals surface area contributed by atoms with Crippen molar-refractivity contribution in [3.8, 4) is 5.75 Å². The van der Waals surface area contributed by atoms with Crippen molar-refractivity contribution in [3.05, 3.63) is 29.1 Å². The van der Waals surface area contributed by atoms with Gasteiger partial charge < -0.3 is 20.5 Å². The Bertz CT molecular complexity index is 528. The van der Waals surface area contributed by atoms with Crippen LogP contribution in [0.25, 0.3) is 0 Å². The van der Waals surface area contributed by atoms with E-state index in [1.54, 1.807) is 6.07 Å². The number of amides is 1. The fourth-order valence-electron chi connectivity index (χ4n) is 2.88. The largest absolute Gasteiger partial charge is 0.492 e. The number of nitrogens with two attached hydrogens (primary N) is 1. The standard InChI is InChI=1S/C16H23FN2O3/c1-11-13(9-14(17)10-15(11)22-7-4-18)8-12-2-5-19(6-3-12)16(20)21/h9-10,12H,2-8,18H2,1H3,(H,20,21). The van der Waals surface area contributed by atoms with E-state index in [9.17, 15) is 9.18 Å². The van der Waals surface area contributed by atoms with Crippen molar-refractivity contribution in [1.29, 1.82) is 0 Å². The fraction of sp³-hybridized carbons (Fsp3) is 0.562. The Kier molecular flexibility index (Phi) is 5.60. The summed E-state index contributed by atoms with van der Waals surface area (Å²) < 4.78 is 19.3. The molecule has 1 saturated heterocycles. The highest BCUT2D eigenvalue weighted by Crippen LogP contribution is 2.28. The van der Waals surface area contributed by atoms with E-state index in [0.29, 0.717) is 37.9 Å². The number of nitrogens with zero attached hydrogens (tertiary/aromatic N) is 1. The molecule has 0 aliphatic carbocycles. The molecule has 0 saturated carbocycles. The van der Waals surface area contributed by atoms with Crippen LogP contribution in [0, 0.1) is 18.7 Å². The van der Waals surface area contributed by atoms with E-state index in [2.05, 4.69) is 0 Å². The lowest BCUT2D eigenvalue weighted by Gasteiger charge is -2.30. The van der Waals surface area contributed by atoms with Crippen molar-refractivity contribution >= 4 is 6.09 Å².